The molecule has 0 unspecified atom stereocenters. The second kappa shape index (κ2) is 9.25. The number of amides is 1. The van der Waals surface area contributed by atoms with Gasteiger partial charge in [0.15, 0.2) is 23.9 Å². The number of aryl methyl sites for hydroxylation is 2. The number of carbonyl (C=O) groups excluding carboxylic acids is 1. The number of furan rings is 1. The molecule has 0 bridgehead atoms. The Bertz CT molecular complexity index is 1570. The Morgan fingerprint density at radius 3 is 2.64 bits per heavy atom. The van der Waals surface area contributed by atoms with E-state index in [4.69, 9.17) is 9.15 Å². The van der Waals surface area contributed by atoms with Gasteiger partial charge in [-0.25, -0.2) is 23.1 Å². The number of carbonyl (C=O) groups is 1. The van der Waals surface area contributed by atoms with Crippen LogP contribution in [0.4, 0.5) is 14.5 Å². The normalized spacial score (nSPS) is 11.2. The number of anilines is 1. The smallest absolute Gasteiger partial charge is 0.246 e. The summed E-state index contributed by atoms with van der Waals surface area (Å²) in [6.45, 7) is 5.16. The first-order valence-electron chi connectivity index (χ1n) is 11.1. The first-order valence-corrected chi connectivity index (χ1v) is 11.1. The van der Waals surface area contributed by atoms with Gasteiger partial charge in [-0.1, -0.05) is 0 Å². The standard InChI is InChI=1S/C25H22F2N6O3/c1-14-23-18(20-5-4-10-35-20)8-9-28-25(23)32(30-14)12-22(34)29-24-15(2)31-33(16(24)3)13-36-21-7-6-17(26)11-19(21)27/h4-11H,12-13H2,1-3H3,(H,29,34). The van der Waals surface area contributed by atoms with Crippen LogP contribution < -0.4 is 10.1 Å². The average molecular weight is 492 g/mol. The Morgan fingerprint density at radius 2 is 1.89 bits per heavy atom. The third-order valence-electron chi connectivity index (χ3n) is 5.77. The van der Waals surface area contributed by atoms with Gasteiger partial charge in [0.25, 0.3) is 0 Å². The molecule has 0 atom stereocenters. The van der Waals surface area contributed by atoms with Crippen molar-refractivity contribution in [3.8, 4) is 17.1 Å². The van der Waals surface area contributed by atoms with Gasteiger partial charge in [-0.15, -0.1) is 0 Å². The molecule has 5 rings (SSSR count). The highest BCUT2D eigenvalue weighted by molar-refractivity contribution is 5.95. The van der Waals surface area contributed by atoms with Gasteiger partial charge in [0.2, 0.25) is 5.91 Å². The molecule has 0 fully saturated rings. The molecule has 0 spiro atoms. The molecule has 184 valence electrons. The number of hydrogen-bond acceptors (Lipinski definition) is 6. The topological polar surface area (TPSA) is 100 Å². The molecular weight excluding hydrogens is 470 g/mol. The molecule has 4 aromatic heterocycles. The number of nitrogens with zero attached hydrogens (tertiary/aromatic N) is 5. The van der Waals surface area contributed by atoms with Gasteiger partial charge in [-0.2, -0.15) is 10.2 Å². The van der Waals surface area contributed by atoms with Crippen LogP contribution in [0.5, 0.6) is 5.75 Å². The van der Waals surface area contributed by atoms with Crippen LogP contribution in [0.3, 0.4) is 0 Å². The molecule has 1 N–H and O–H groups in total. The number of nitrogens with one attached hydrogen (secondary N) is 1. The number of benzene rings is 1. The van der Waals surface area contributed by atoms with Gasteiger partial charge in [-0.3, -0.25) is 4.79 Å². The molecule has 9 nitrogen and oxygen atoms in total. The highest BCUT2D eigenvalue weighted by atomic mass is 19.1. The Morgan fingerprint density at radius 1 is 1.08 bits per heavy atom. The quantitative estimate of drug-likeness (QED) is 0.351. The van der Waals surface area contributed by atoms with Crippen LogP contribution in [0, 0.1) is 32.4 Å². The predicted molar refractivity (Wildman–Crippen MR) is 127 cm³/mol. The first-order chi connectivity index (χ1) is 17.3. The summed E-state index contributed by atoms with van der Waals surface area (Å²) in [5.41, 5.74) is 3.82. The Hall–Kier alpha value is -4.54. The van der Waals surface area contributed by atoms with Crippen LogP contribution in [0.1, 0.15) is 17.1 Å². The molecule has 0 aliphatic carbocycles. The second-order valence-corrected chi connectivity index (χ2v) is 8.22. The summed E-state index contributed by atoms with van der Waals surface area (Å²) in [6, 6.07) is 8.58. The number of halogens is 2. The fourth-order valence-corrected chi connectivity index (χ4v) is 4.07. The van der Waals surface area contributed by atoms with Crippen molar-refractivity contribution in [1.29, 1.82) is 0 Å². The van der Waals surface area contributed by atoms with Gasteiger partial charge in [-0.05, 0) is 51.1 Å². The summed E-state index contributed by atoms with van der Waals surface area (Å²) in [5, 5.41) is 12.6. The maximum absolute atomic E-state index is 13.9. The Balaban J connectivity index is 1.33. The molecule has 1 amide bonds. The lowest BCUT2D eigenvalue weighted by Crippen LogP contribution is -2.20. The maximum atomic E-state index is 13.9. The summed E-state index contributed by atoms with van der Waals surface area (Å²) in [6.07, 6.45) is 3.25. The summed E-state index contributed by atoms with van der Waals surface area (Å²) < 4.78 is 41.0. The lowest BCUT2D eigenvalue weighted by Gasteiger charge is -2.10. The molecule has 0 radical (unpaired) electrons. The molecule has 0 aliphatic heterocycles. The van der Waals surface area contributed by atoms with Gasteiger partial charge in [0.05, 0.1) is 34.4 Å². The molecule has 0 saturated carbocycles. The summed E-state index contributed by atoms with van der Waals surface area (Å²) in [4.78, 5) is 17.4. The lowest BCUT2D eigenvalue weighted by molar-refractivity contribution is -0.116. The fourth-order valence-electron chi connectivity index (χ4n) is 4.07. The van der Waals surface area contributed by atoms with Crippen molar-refractivity contribution in [2.45, 2.75) is 34.0 Å². The van der Waals surface area contributed by atoms with E-state index >= 15 is 0 Å². The van der Waals surface area contributed by atoms with Gasteiger partial charge in [0.1, 0.15) is 18.1 Å². The number of rotatable bonds is 7. The number of fused-ring (bicyclic) bond motifs is 1. The van der Waals surface area contributed by atoms with Gasteiger partial charge >= 0.3 is 0 Å². The van der Waals surface area contributed by atoms with E-state index < -0.39 is 11.6 Å². The van der Waals surface area contributed by atoms with Crippen LogP contribution >= 0.6 is 0 Å². The van der Waals surface area contributed by atoms with Crippen LogP contribution in [0.2, 0.25) is 0 Å². The fraction of sp³-hybridized carbons (Fsp3) is 0.200. The molecule has 0 saturated heterocycles. The van der Waals surface area contributed by atoms with Gasteiger partial charge < -0.3 is 14.5 Å². The largest absolute Gasteiger partial charge is 0.468 e. The highest BCUT2D eigenvalue weighted by Gasteiger charge is 2.19. The number of hydrogen-bond donors (Lipinski definition) is 1. The lowest BCUT2D eigenvalue weighted by atomic mass is 10.1. The van der Waals surface area contributed by atoms with E-state index in [1.165, 1.54) is 10.7 Å². The number of ether oxygens (including phenoxy) is 1. The van der Waals surface area contributed by atoms with Crippen LogP contribution in [0.25, 0.3) is 22.4 Å². The van der Waals surface area contributed by atoms with Crippen LogP contribution in [-0.2, 0) is 18.1 Å². The summed E-state index contributed by atoms with van der Waals surface area (Å²) >= 11 is 0. The Kier molecular flexibility index (Phi) is 5.96. The predicted octanol–water partition coefficient (Wildman–Crippen LogP) is 4.77. The van der Waals surface area contributed by atoms with Crippen molar-refractivity contribution in [2.24, 2.45) is 0 Å². The first kappa shape index (κ1) is 23.2. The van der Waals surface area contributed by atoms with Crippen molar-refractivity contribution >= 4 is 22.6 Å². The van der Waals surface area contributed by atoms with Crippen LogP contribution in [0.15, 0.2) is 53.3 Å². The highest BCUT2D eigenvalue weighted by Crippen LogP contribution is 2.30. The summed E-state index contributed by atoms with van der Waals surface area (Å²) in [7, 11) is 0. The van der Waals surface area contributed by atoms with Crippen molar-refractivity contribution in [3.05, 3.63) is 77.6 Å². The zero-order valence-corrected chi connectivity index (χ0v) is 19.7. The zero-order chi connectivity index (χ0) is 25.4. The molecule has 1 aromatic carbocycles. The van der Waals surface area contributed by atoms with Crippen molar-refractivity contribution < 1.29 is 22.7 Å². The SMILES string of the molecule is Cc1nn(COc2ccc(F)cc2F)c(C)c1NC(=O)Cn1nc(C)c2c(-c3ccco3)ccnc21. The van der Waals surface area contributed by atoms with Crippen molar-refractivity contribution in [3.63, 3.8) is 0 Å². The van der Waals surface area contributed by atoms with E-state index in [0.29, 0.717) is 28.5 Å². The molecule has 36 heavy (non-hydrogen) atoms. The van der Waals surface area contributed by atoms with Crippen molar-refractivity contribution in [2.75, 3.05) is 5.32 Å². The van der Waals surface area contributed by atoms with Crippen molar-refractivity contribution in [1.82, 2.24) is 24.5 Å². The zero-order valence-electron chi connectivity index (χ0n) is 19.7. The van der Waals surface area contributed by atoms with Crippen LogP contribution in [-0.4, -0.2) is 30.5 Å². The van der Waals surface area contributed by atoms with E-state index in [-0.39, 0.29) is 24.9 Å². The summed E-state index contributed by atoms with van der Waals surface area (Å²) in [5.74, 6) is -1.23. The molecular formula is C25H22F2N6O3. The average Bonchev–Trinajstić information content (AvgIpc) is 3.55. The van der Waals surface area contributed by atoms with E-state index in [0.717, 1.165) is 28.8 Å². The molecule has 4 heterocycles. The number of pyridine rings is 1. The minimum absolute atomic E-state index is 0.0691. The van der Waals surface area contributed by atoms with Gasteiger partial charge in [0, 0.05) is 17.8 Å². The molecule has 0 aliphatic rings. The van der Waals surface area contributed by atoms with E-state index in [1.54, 1.807) is 37.1 Å². The minimum Gasteiger partial charge on any atom is -0.468 e. The molecule has 5 aromatic rings. The van der Waals surface area contributed by atoms with E-state index in [9.17, 15) is 13.6 Å². The second-order valence-electron chi connectivity index (χ2n) is 8.22. The Labute approximate surface area is 204 Å². The molecule has 11 heteroatoms. The maximum Gasteiger partial charge on any atom is 0.246 e. The van der Waals surface area contributed by atoms with E-state index in [2.05, 4.69) is 20.5 Å². The third-order valence-corrected chi connectivity index (χ3v) is 5.77. The minimum atomic E-state index is -0.810. The van der Waals surface area contributed by atoms with E-state index in [1.807, 2.05) is 19.1 Å². The third kappa shape index (κ3) is 4.30. The number of aromatic nitrogens is 5. The monoisotopic (exact) mass is 492 g/mol.